The Morgan fingerprint density at radius 1 is 0.750 bits per heavy atom. The van der Waals surface area contributed by atoms with E-state index in [1.807, 2.05) is 67.6 Å². The average molecular weight is 473 g/mol. The summed E-state index contributed by atoms with van der Waals surface area (Å²) in [5, 5.41) is 7.64. The van der Waals surface area contributed by atoms with E-state index in [-0.39, 0.29) is 23.7 Å². The largest absolute Gasteiger partial charge is 0.493 e. The summed E-state index contributed by atoms with van der Waals surface area (Å²) in [6.07, 6.45) is 1.61. The predicted octanol–water partition coefficient (Wildman–Crippen LogP) is 5.46. The van der Waals surface area contributed by atoms with Crippen LogP contribution >= 0.6 is 0 Å². The number of fused-ring (bicyclic) bond motifs is 1. The van der Waals surface area contributed by atoms with Crippen LogP contribution in [-0.4, -0.2) is 29.6 Å². The van der Waals surface area contributed by atoms with Crippen LogP contribution in [0.15, 0.2) is 90.0 Å². The minimum atomic E-state index is -0.441. The van der Waals surface area contributed by atoms with Crippen LogP contribution in [0.4, 0.5) is 0 Å². The molecule has 4 aromatic carbocycles. The quantitative estimate of drug-likeness (QED) is 0.293. The molecule has 1 fully saturated rings. The fraction of sp³-hybridized carbons (Fsp3) is 0.194. The van der Waals surface area contributed by atoms with E-state index in [0.29, 0.717) is 12.4 Å². The first-order valence-corrected chi connectivity index (χ1v) is 12.4. The first kappa shape index (κ1) is 21.1. The molecule has 5 heteroatoms. The van der Waals surface area contributed by atoms with Gasteiger partial charge in [-0.2, -0.15) is 10.1 Å². The highest BCUT2D eigenvalue weighted by molar-refractivity contribution is 6.09. The summed E-state index contributed by atoms with van der Waals surface area (Å²) >= 11 is 0. The van der Waals surface area contributed by atoms with Gasteiger partial charge in [-0.3, -0.25) is 9.59 Å². The Balaban J connectivity index is 1.33. The Morgan fingerprint density at radius 3 is 1.83 bits per heavy atom. The van der Waals surface area contributed by atoms with Gasteiger partial charge in [0, 0.05) is 17.4 Å². The topological polar surface area (TPSA) is 59.0 Å². The van der Waals surface area contributed by atoms with Gasteiger partial charge in [0.1, 0.15) is 5.75 Å². The molecule has 1 saturated heterocycles. The molecule has 176 valence electrons. The molecule has 0 N–H and O–H groups in total. The molecule has 2 amide bonds. The highest BCUT2D eigenvalue weighted by Gasteiger charge is 2.61. The van der Waals surface area contributed by atoms with E-state index < -0.39 is 11.8 Å². The minimum Gasteiger partial charge on any atom is -0.493 e. The van der Waals surface area contributed by atoms with Crippen molar-refractivity contribution >= 4 is 28.8 Å². The molecule has 0 aromatic heterocycles. The summed E-state index contributed by atoms with van der Waals surface area (Å²) in [6, 6.07) is 28.4. The lowest BCUT2D eigenvalue weighted by molar-refractivity contribution is -0.139. The molecule has 36 heavy (non-hydrogen) atoms. The molecule has 4 aliphatic rings. The van der Waals surface area contributed by atoms with Gasteiger partial charge in [-0.15, -0.1) is 0 Å². The van der Waals surface area contributed by atoms with Gasteiger partial charge < -0.3 is 4.74 Å². The number of benzene rings is 4. The fourth-order valence-electron chi connectivity index (χ4n) is 6.58. The molecule has 0 saturated carbocycles. The van der Waals surface area contributed by atoms with Crippen LogP contribution in [-0.2, 0) is 9.59 Å². The fourth-order valence-corrected chi connectivity index (χ4v) is 6.58. The van der Waals surface area contributed by atoms with E-state index in [1.165, 1.54) is 0 Å². The maximum atomic E-state index is 13.8. The maximum Gasteiger partial charge on any atom is 0.254 e. The second-order valence-electron chi connectivity index (χ2n) is 9.63. The van der Waals surface area contributed by atoms with Crippen molar-refractivity contribution in [2.45, 2.75) is 18.8 Å². The van der Waals surface area contributed by atoms with E-state index in [9.17, 15) is 9.59 Å². The van der Waals surface area contributed by atoms with Crippen molar-refractivity contribution < 1.29 is 14.3 Å². The normalized spacial score (nSPS) is 23.8. The zero-order valence-corrected chi connectivity index (χ0v) is 19.8. The number of hydrazone groups is 1. The second kappa shape index (κ2) is 7.89. The Kier molecular flexibility index (Phi) is 4.61. The maximum absolute atomic E-state index is 13.8. The van der Waals surface area contributed by atoms with Gasteiger partial charge in [-0.05, 0) is 46.0 Å². The number of ether oxygens (including phenoxy) is 1. The molecule has 0 radical (unpaired) electrons. The molecule has 4 aromatic rings. The number of nitrogens with zero attached hydrogens (tertiary/aromatic N) is 2. The Hall–Kier alpha value is -4.25. The van der Waals surface area contributed by atoms with Crippen molar-refractivity contribution in [1.82, 2.24) is 5.01 Å². The van der Waals surface area contributed by atoms with Crippen molar-refractivity contribution in [3.05, 3.63) is 113 Å². The van der Waals surface area contributed by atoms with Gasteiger partial charge >= 0.3 is 0 Å². The van der Waals surface area contributed by atoms with Crippen LogP contribution in [0.25, 0.3) is 10.8 Å². The van der Waals surface area contributed by atoms with Gasteiger partial charge in [0.05, 0.1) is 24.7 Å². The predicted molar refractivity (Wildman–Crippen MR) is 138 cm³/mol. The molecule has 2 atom stereocenters. The molecule has 8 rings (SSSR count). The number of rotatable bonds is 4. The summed E-state index contributed by atoms with van der Waals surface area (Å²) in [6.45, 7) is 2.43. The van der Waals surface area contributed by atoms with Crippen molar-refractivity contribution in [2.24, 2.45) is 16.9 Å². The van der Waals surface area contributed by atoms with Crippen LogP contribution < -0.4 is 4.74 Å². The van der Waals surface area contributed by atoms with E-state index in [4.69, 9.17) is 4.74 Å². The van der Waals surface area contributed by atoms with Gasteiger partial charge in [0.15, 0.2) is 0 Å². The molecular formula is C31H24N2O3. The monoisotopic (exact) mass is 472 g/mol. The third-order valence-corrected chi connectivity index (χ3v) is 7.96. The van der Waals surface area contributed by atoms with Gasteiger partial charge in [0.2, 0.25) is 0 Å². The van der Waals surface area contributed by atoms with Crippen LogP contribution in [0.3, 0.4) is 0 Å². The zero-order valence-electron chi connectivity index (χ0n) is 19.8. The third kappa shape index (κ3) is 2.80. The Morgan fingerprint density at radius 2 is 1.28 bits per heavy atom. The molecule has 3 aliphatic carbocycles. The molecule has 1 aliphatic heterocycles. The van der Waals surface area contributed by atoms with Crippen LogP contribution in [0.1, 0.15) is 46.6 Å². The van der Waals surface area contributed by atoms with E-state index in [1.54, 1.807) is 6.21 Å². The molecular weight excluding hydrogens is 448 g/mol. The van der Waals surface area contributed by atoms with E-state index in [0.717, 1.165) is 43.6 Å². The van der Waals surface area contributed by atoms with E-state index >= 15 is 0 Å². The van der Waals surface area contributed by atoms with Gasteiger partial charge in [-0.1, -0.05) is 78.9 Å². The number of hydrogen-bond acceptors (Lipinski definition) is 4. The first-order chi connectivity index (χ1) is 17.7. The second-order valence-corrected chi connectivity index (χ2v) is 9.63. The van der Waals surface area contributed by atoms with Crippen molar-refractivity contribution in [3.63, 3.8) is 0 Å². The molecule has 0 spiro atoms. The van der Waals surface area contributed by atoms with E-state index in [2.05, 4.69) is 29.4 Å². The smallest absolute Gasteiger partial charge is 0.254 e. The number of amides is 2. The Labute approximate surface area is 209 Å². The number of imide groups is 1. The average Bonchev–Trinajstić information content (AvgIpc) is 3.18. The standard InChI is InChI=1S/C31H24N2O3/c1-2-36-25-16-15-18-9-3-4-10-19(18)24(25)17-32-33-30(34)28-26-20-11-5-6-12-21(20)27(29(28)31(33)35)23-14-8-7-13-22(23)26/h3-17,26-29H,2H2,1H3/b32-17-/t26?,27?,28-,29-/m0/s1. The lowest BCUT2D eigenvalue weighted by Crippen LogP contribution is -2.41. The number of carbonyl (C=O) groups is 2. The van der Waals surface area contributed by atoms with Crippen LogP contribution in [0.5, 0.6) is 5.75 Å². The summed E-state index contributed by atoms with van der Waals surface area (Å²) in [5.74, 6) is -0.930. The highest BCUT2D eigenvalue weighted by Crippen LogP contribution is 2.60. The first-order valence-electron chi connectivity index (χ1n) is 12.4. The van der Waals surface area contributed by atoms with Crippen LogP contribution in [0.2, 0.25) is 0 Å². The minimum absolute atomic E-state index is 0.138. The molecule has 2 bridgehead atoms. The zero-order chi connectivity index (χ0) is 24.4. The summed E-state index contributed by atoms with van der Waals surface area (Å²) in [7, 11) is 0. The van der Waals surface area contributed by atoms with Crippen molar-refractivity contribution in [3.8, 4) is 5.75 Å². The lowest BCUT2D eigenvalue weighted by atomic mass is 9.55. The highest BCUT2D eigenvalue weighted by atomic mass is 16.5. The molecule has 0 unspecified atom stereocenters. The Bertz CT molecular complexity index is 1470. The number of hydrogen-bond donors (Lipinski definition) is 0. The van der Waals surface area contributed by atoms with Gasteiger partial charge in [0.25, 0.3) is 11.8 Å². The summed E-state index contributed by atoms with van der Waals surface area (Å²) in [5.41, 5.74) is 5.38. The van der Waals surface area contributed by atoms with Crippen molar-refractivity contribution in [2.75, 3.05) is 6.61 Å². The number of carbonyl (C=O) groups excluding carboxylic acids is 2. The van der Waals surface area contributed by atoms with Crippen molar-refractivity contribution in [1.29, 1.82) is 0 Å². The lowest BCUT2D eigenvalue weighted by Gasteiger charge is -2.45. The summed E-state index contributed by atoms with van der Waals surface area (Å²) in [4.78, 5) is 27.6. The summed E-state index contributed by atoms with van der Waals surface area (Å²) < 4.78 is 5.86. The van der Waals surface area contributed by atoms with Gasteiger partial charge in [-0.25, -0.2) is 0 Å². The molecule has 5 nitrogen and oxygen atoms in total. The SMILES string of the molecule is CCOc1ccc2ccccc2c1/C=N\N1C(=O)[C@H]2C3c4ccccc4C(c4ccccc43)[C@@H]2C1=O. The molecule has 1 heterocycles. The van der Waals surface area contributed by atoms with Crippen LogP contribution in [0, 0.1) is 11.8 Å². The third-order valence-electron chi connectivity index (χ3n) is 7.96.